The number of carbonyl (C=O) groups is 3. The number of aliphatic carboxylic acids is 1. The summed E-state index contributed by atoms with van der Waals surface area (Å²) in [5.41, 5.74) is 0. The molecule has 1 N–H and O–H groups in total. The lowest BCUT2D eigenvalue weighted by molar-refractivity contribution is -0.141. The van der Waals surface area contributed by atoms with Gasteiger partial charge in [-0.1, -0.05) is 0 Å². The van der Waals surface area contributed by atoms with Gasteiger partial charge in [-0.3, -0.25) is 9.69 Å². The number of carbonyl (C=O) groups excluding carboxylic acids is 2. The maximum Gasteiger partial charge on any atom is 0.327 e. The first-order chi connectivity index (χ1) is 8.92. The van der Waals surface area contributed by atoms with Crippen LogP contribution in [-0.4, -0.2) is 70.2 Å². The second kappa shape index (κ2) is 6.65. The molecule has 0 bridgehead atoms. The number of thioether (sulfide) groups is 1. The Labute approximate surface area is 115 Å². The van der Waals surface area contributed by atoms with Crippen molar-refractivity contribution >= 4 is 29.7 Å². The fourth-order valence-electron chi connectivity index (χ4n) is 1.82. The summed E-state index contributed by atoms with van der Waals surface area (Å²) in [6.45, 7) is 3.64. The van der Waals surface area contributed by atoms with Gasteiger partial charge in [0.05, 0.1) is 12.5 Å². The molecule has 1 aliphatic rings. The van der Waals surface area contributed by atoms with E-state index in [0.29, 0.717) is 12.3 Å². The molecule has 1 saturated heterocycles. The molecule has 0 aromatic carbocycles. The zero-order valence-corrected chi connectivity index (χ0v) is 12.0. The van der Waals surface area contributed by atoms with E-state index < -0.39 is 24.0 Å². The SMILES string of the molecule is CCN(CC(=O)OC)C(=O)N1C(C)SCC1C(=O)O. The summed E-state index contributed by atoms with van der Waals surface area (Å²) in [6.07, 6.45) is 0. The van der Waals surface area contributed by atoms with Crippen LogP contribution >= 0.6 is 11.8 Å². The molecule has 1 heterocycles. The van der Waals surface area contributed by atoms with Crippen molar-refractivity contribution in [2.24, 2.45) is 0 Å². The average Bonchev–Trinajstić information content (AvgIpc) is 2.76. The van der Waals surface area contributed by atoms with Crippen LogP contribution in [0.25, 0.3) is 0 Å². The van der Waals surface area contributed by atoms with E-state index in [-0.39, 0.29) is 11.9 Å². The fraction of sp³-hybridized carbons (Fsp3) is 0.727. The quantitative estimate of drug-likeness (QED) is 0.756. The highest BCUT2D eigenvalue weighted by molar-refractivity contribution is 8.00. The number of likely N-dealkylation sites (N-methyl/N-ethyl adjacent to an activating group) is 1. The lowest BCUT2D eigenvalue weighted by Gasteiger charge is -2.31. The Kier molecular flexibility index (Phi) is 5.46. The first-order valence-electron chi connectivity index (χ1n) is 5.90. The molecule has 0 spiro atoms. The van der Waals surface area contributed by atoms with E-state index in [9.17, 15) is 14.4 Å². The van der Waals surface area contributed by atoms with Crippen LogP contribution in [0.2, 0.25) is 0 Å². The van der Waals surface area contributed by atoms with Crippen molar-refractivity contribution in [2.45, 2.75) is 25.3 Å². The molecule has 2 atom stereocenters. The molecule has 0 radical (unpaired) electrons. The van der Waals surface area contributed by atoms with Crippen molar-refractivity contribution in [1.29, 1.82) is 0 Å². The third-order valence-corrected chi connectivity index (χ3v) is 4.15. The van der Waals surface area contributed by atoms with Crippen LogP contribution in [0, 0.1) is 0 Å². The summed E-state index contributed by atoms with van der Waals surface area (Å²) in [6, 6.07) is -1.29. The van der Waals surface area contributed by atoms with E-state index in [4.69, 9.17) is 5.11 Å². The normalized spacial score (nSPS) is 22.2. The maximum absolute atomic E-state index is 12.3. The predicted molar refractivity (Wildman–Crippen MR) is 69.8 cm³/mol. The highest BCUT2D eigenvalue weighted by Gasteiger charge is 2.41. The van der Waals surface area contributed by atoms with Gasteiger partial charge in [0, 0.05) is 12.3 Å². The minimum absolute atomic E-state index is 0.175. The summed E-state index contributed by atoms with van der Waals surface area (Å²) >= 11 is 1.40. The summed E-state index contributed by atoms with van der Waals surface area (Å²) < 4.78 is 4.52. The molecule has 8 heteroatoms. The van der Waals surface area contributed by atoms with Crippen LogP contribution in [0.3, 0.4) is 0 Å². The molecular formula is C11H18N2O5S. The summed E-state index contributed by atoms with van der Waals surface area (Å²) in [4.78, 5) is 37.3. The van der Waals surface area contributed by atoms with Crippen molar-refractivity contribution < 1.29 is 24.2 Å². The van der Waals surface area contributed by atoms with Gasteiger partial charge in [-0.2, -0.15) is 0 Å². The van der Waals surface area contributed by atoms with Crippen molar-refractivity contribution in [3.63, 3.8) is 0 Å². The number of amides is 2. The number of ether oxygens (including phenoxy) is 1. The zero-order chi connectivity index (χ0) is 14.6. The molecule has 19 heavy (non-hydrogen) atoms. The second-order valence-corrected chi connectivity index (χ2v) is 5.42. The Morgan fingerprint density at radius 1 is 1.47 bits per heavy atom. The van der Waals surface area contributed by atoms with Gasteiger partial charge in [0.15, 0.2) is 0 Å². The number of rotatable bonds is 4. The standard InChI is InChI=1S/C11H18N2O5S/c1-4-12(5-9(14)18-3)11(17)13-7(2)19-6-8(13)10(15)16/h7-8H,4-6H2,1-3H3,(H,15,16). The molecule has 1 fully saturated rings. The van der Waals surface area contributed by atoms with Gasteiger partial charge >= 0.3 is 18.0 Å². The Hall–Kier alpha value is -1.44. The van der Waals surface area contributed by atoms with Crippen LogP contribution in [0.1, 0.15) is 13.8 Å². The Morgan fingerprint density at radius 3 is 2.58 bits per heavy atom. The first-order valence-corrected chi connectivity index (χ1v) is 6.95. The van der Waals surface area contributed by atoms with E-state index in [1.165, 1.54) is 28.7 Å². The third kappa shape index (κ3) is 3.52. The van der Waals surface area contributed by atoms with E-state index >= 15 is 0 Å². The van der Waals surface area contributed by atoms with E-state index in [1.807, 2.05) is 0 Å². The number of hydrogen-bond acceptors (Lipinski definition) is 5. The van der Waals surface area contributed by atoms with Crippen molar-refractivity contribution in [2.75, 3.05) is 26.0 Å². The number of carboxylic acids is 1. The number of esters is 1. The van der Waals surface area contributed by atoms with Gasteiger partial charge in [0.25, 0.3) is 0 Å². The van der Waals surface area contributed by atoms with Gasteiger partial charge in [-0.15, -0.1) is 11.8 Å². The van der Waals surface area contributed by atoms with Crippen LogP contribution in [0.5, 0.6) is 0 Å². The predicted octanol–water partition coefficient (Wildman–Crippen LogP) is 0.449. The van der Waals surface area contributed by atoms with Gasteiger partial charge in [-0.05, 0) is 13.8 Å². The molecule has 108 valence electrons. The number of methoxy groups -OCH3 is 1. The Bertz CT molecular complexity index is 376. The van der Waals surface area contributed by atoms with Crippen molar-refractivity contribution in [3.8, 4) is 0 Å². The van der Waals surface area contributed by atoms with Crippen LogP contribution in [-0.2, 0) is 14.3 Å². The molecule has 0 aromatic heterocycles. The highest BCUT2D eigenvalue weighted by atomic mass is 32.2. The summed E-state index contributed by atoms with van der Waals surface area (Å²) in [7, 11) is 1.25. The molecular weight excluding hydrogens is 272 g/mol. The molecule has 0 aliphatic carbocycles. The molecule has 0 aromatic rings. The fourth-order valence-corrected chi connectivity index (χ4v) is 2.98. The number of carboxylic acid groups (broad SMARTS) is 1. The molecule has 1 rings (SSSR count). The topological polar surface area (TPSA) is 87.2 Å². The number of nitrogens with zero attached hydrogens (tertiary/aromatic N) is 2. The monoisotopic (exact) mass is 290 g/mol. The molecule has 0 saturated carbocycles. The highest BCUT2D eigenvalue weighted by Crippen LogP contribution is 2.29. The smallest absolute Gasteiger partial charge is 0.327 e. The molecule has 2 amide bonds. The summed E-state index contributed by atoms with van der Waals surface area (Å²) in [5.74, 6) is -1.20. The van der Waals surface area contributed by atoms with E-state index in [2.05, 4.69) is 4.74 Å². The number of urea groups is 1. The maximum atomic E-state index is 12.3. The minimum Gasteiger partial charge on any atom is -0.480 e. The average molecular weight is 290 g/mol. The Morgan fingerprint density at radius 2 is 2.11 bits per heavy atom. The first kappa shape index (κ1) is 15.6. The lowest BCUT2D eigenvalue weighted by atomic mass is 10.3. The van der Waals surface area contributed by atoms with Crippen LogP contribution in [0.15, 0.2) is 0 Å². The third-order valence-electron chi connectivity index (χ3n) is 2.93. The molecule has 2 unspecified atom stereocenters. The zero-order valence-electron chi connectivity index (χ0n) is 11.2. The molecule has 1 aliphatic heterocycles. The van der Waals surface area contributed by atoms with Crippen LogP contribution in [0.4, 0.5) is 4.79 Å². The number of hydrogen-bond donors (Lipinski definition) is 1. The van der Waals surface area contributed by atoms with E-state index in [1.54, 1.807) is 13.8 Å². The van der Waals surface area contributed by atoms with Crippen molar-refractivity contribution in [3.05, 3.63) is 0 Å². The Balaban J connectivity index is 2.82. The summed E-state index contributed by atoms with van der Waals surface area (Å²) in [5, 5.41) is 8.89. The lowest BCUT2D eigenvalue weighted by Crippen LogP contribution is -2.52. The van der Waals surface area contributed by atoms with Crippen molar-refractivity contribution in [1.82, 2.24) is 9.80 Å². The van der Waals surface area contributed by atoms with Gasteiger partial charge in [0.1, 0.15) is 12.6 Å². The second-order valence-electron chi connectivity index (χ2n) is 4.07. The molecule has 7 nitrogen and oxygen atoms in total. The van der Waals surface area contributed by atoms with E-state index in [0.717, 1.165) is 0 Å². The largest absolute Gasteiger partial charge is 0.480 e. The minimum atomic E-state index is -1.03. The van der Waals surface area contributed by atoms with Gasteiger partial charge in [-0.25, -0.2) is 9.59 Å². The van der Waals surface area contributed by atoms with Gasteiger partial charge in [0.2, 0.25) is 0 Å². The van der Waals surface area contributed by atoms with Crippen LogP contribution < -0.4 is 0 Å². The van der Waals surface area contributed by atoms with Gasteiger partial charge < -0.3 is 14.7 Å².